The molecular formula is C16H29N5O6S. The summed E-state index contributed by atoms with van der Waals surface area (Å²) in [7, 11) is 0. The molecule has 4 amide bonds. The average molecular weight is 420 g/mol. The number of carbonyl (C=O) groups excluding carboxylic acids is 4. The largest absolute Gasteiger partial charge is 0.480 e. The van der Waals surface area contributed by atoms with Gasteiger partial charge in [-0.3, -0.25) is 24.0 Å². The number of hydrogen-bond donors (Lipinski definition) is 6. The van der Waals surface area contributed by atoms with Gasteiger partial charge in [0.2, 0.25) is 23.6 Å². The molecule has 0 aromatic carbocycles. The third-order valence-electron chi connectivity index (χ3n) is 3.66. The van der Waals surface area contributed by atoms with Crippen molar-refractivity contribution < 1.29 is 29.1 Å². The molecule has 12 heteroatoms. The zero-order chi connectivity index (χ0) is 21.9. The SMILES string of the molecule is CSCCC(NC(=O)C(NC(=O)C(N)CC(N)=O)C(C)C)C(=O)NCC(=O)O. The van der Waals surface area contributed by atoms with Crippen LogP contribution in [0.2, 0.25) is 0 Å². The second-order valence-corrected chi connectivity index (χ2v) is 7.45. The lowest BCUT2D eigenvalue weighted by atomic mass is 10.0. The molecule has 0 aliphatic rings. The molecule has 28 heavy (non-hydrogen) atoms. The number of carboxylic acids is 1. The Morgan fingerprint density at radius 3 is 2.11 bits per heavy atom. The highest BCUT2D eigenvalue weighted by molar-refractivity contribution is 7.98. The van der Waals surface area contributed by atoms with E-state index in [-0.39, 0.29) is 18.8 Å². The maximum atomic E-state index is 12.6. The van der Waals surface area contributed by atoms with Gasteiger partial charge in [0.15, 0.2) is 0 Å². The molecule has 3 atom stereocenters. The predicted molar refractivity (Wildman–Crippen MR) is 104 cm³/mol. The van der Waals surface area contributed by atoms with Gasteiger partial charge in [-0.2, -0.15) is 11.8 Å². The third kappa shape index (κ3) is 10.1. The van der Waals surface area contributed by atoms with Gasteiger partial charge in [-0.25, -0.2) is 0 Å². The molecule has 0 bridgehead atoms. The summed E-state index contributed by atoms with van der Waals surface area (Å²) in [6.45, 7) is 2.80. The van der Waals surface area contributed by atoms with Crippen LogP contribution >= 0.6 is 11.8 Å². The van der Waals surface area contributed by atoms with E-state index in [9.17, 15) is 24.0 Å². The first-order valence-corrected chi connectivity index (χ1v) is 10.0. The van der Waals surface area contributed by atoms with Crippen LogP contribution < -0.4 is 27.4 Å². The Labute approximate surface area is 167 Å². The normalized spacial score (nSPS) is 13.9. The van der Waals surface area contributed by atoms with Crippen LogP contribution in [0.15, 0.2) is 0 Å². The van der Waals surface area contributed by atoms with Crippen molar-refractivity contribution in [2.75, 3.05) is 18.6 Å². The number of aliphatic carboxylic acids is 1. The number of carboxylic acid groups (broad SMARTS) is 1. The zero-order valence-electron chi connectivity index (χ0n) is 16.2. The molecule has 11 nitrogen and oxygen atoms in total. The van der Waals surface area contributed by atoms with E-state index in [0.29, 0.717) is 5.75 Å². The van der Waals surface area contributed by atoms with E-state index in [1.165, 1.54) is 11.8 Å². The number of carbonyl (C=O) groups is 5. The fourth-order valence-corrected chi connectivity index (χ4v) is 2.63. The summed E-state index contributed by atoms with van der Waals surface area (Å²) in [6, 6.07) is -3.16. The summed E-state index contributed by atoms with van der Waals surface area (Å²) in [5, 5.41) is 15.9. The Balaban J connectivity index is 5.12. The van der Waals surface area contributed by atoms with Gasteiger partial charge in [-0.1, -0.05) is 13.8 Å². The lowest BCUT2D eigenvalue weighted by molar-refractivity contribution is -0.138. The van der Waals surface area contributed by atoms with E-state index in [0.717, 1.165) is 0 Å². The maximum Gasteiger partial charge on any atom is 0.322 e. The molecule has 0 aliphatic heterocycles. The fourth-order valence-electron chi connectivity index (χ4n) is 2.16. The molecule has 0 aromatic rings. The third-order valence-corrected chi connectivity index (χ3v) is 4.31. The van der Waals surface area contributed by atoms with Crippen molar-refractivity contribution in [3.05, 3.63) is 0 Å². The summed E-state index contributed by atoms with van der Waals surface area (Å²) in [4.78, 5) is 58.4. The van der Waals surface area contributed by atoms with Crippen LogP contribution in [0, 0.1) is 5.92 Å². The minimum absolute atomic E-state index is 0.276. The Morgan fingerprint density at radius 1 is 1.04 bits per heavy atom. The van der Waals surface area contributed by atoms with E-state index in [1.807, 2.05) is 6.26 Å². The highest BCUT2D eigenvalue weighted by Crippen LogP contribution is 2.06. The summed E-state index contributed by atoms with van der Waals surface area (Å²) in [6.07, 6.45) is 1.73. The lowest BCUT2D eigenvalue weighted by Gasteiger charge is -2.26. The first kappa shape index (κ1) is 25.7. The first-order chi connectivity index (χ1) is 13.0. The van der Waals surface area contributed by atoms with E-state index >= 15 is 0 Å². The molecule has 0 aromatic heterocycles. The van der Waals surface area contributed by atoms with E-state index in [1.54, 1.807) is 13.8 Å². The zero-order valence-corrected chi connectivity index (χ0v) is 17.0. The number of thioether (sulfide) groups is 1. The molecule has 0 rings (SSSR count). The molecule has 0 heterocycles. The summed E-state index contributed by atoms with van der Waals surface area (Å²) in [5.41, 5.74) is 10.6. The number of amides is 4. The van der Waals surface area contributed by atoms with Crippen molar-refractivity contribution in [3.63, 3.8) is 0 Å². The molecule has 3 unspecified atom stereocenters. The maximum absolute atomic E-state index is 12.6. The smallest absolute Gasteiger partial charge is 0.322 e. The number of nitrogens with one attached hydrogen (secondary N) is 3. The molecule has 0 aliphatic carbocycles. The summed E-state index contributed by atoms with van der Waals surface area (Å²) >= 11 is 1.46. The van der Waals surface area contributed by atoms with Crippen LogP contribution in [0.25, 0.3) is 0 Å². The van der Waals surface area contributed by atoms with E-state index < -0.39 is 54.3 Å². The van der Waals surface area contributed by atoms with E-state index in [2.05, 4.69) is 16.0 Å². The summed E-state index contributed by atoms with van der Waals surface area (Å²) in [5.74, 6) is -3.72. The molecule has 0 fully saturated rings. The van der Waals surface area contributed by atoms with Crippen LogP contribution in [0.1, 0.15) is 26.7 Å². The molecular weight excluding hydrogens is 390 g/mol. The topological polar surface area (TPSA) is 194 Å². The van der Waals surface area contributed by atoms with Crippen LogP contribution in [0.4, 0.5) is 0 Å². The van der Waals surface area contributed by atoms with Crippen molar-refractivity contribution in [1.29, 1.82) is 0 Å². The first-order valence-electron chi connectivity index (χ1n) is 8.62. The van der Waals surface area contributed by atoms with Gasteiger partial charge in [-0.05, 0) is 24.3 Å². The standard InChI is InChI=1S/C16H29N5O6S/c1-8(2)13(21-14(25)9(17)6-11(18)22)16(27)20-10(4-5-28-3)15(26)19-7-12(23)24/h8-10,13H,4-7,17H2,1-3H3,(H2,18,22)(H,19,26)(H,20,27)(H,21,25)(H,23,24). The van der Waals surface area contributed by atoms with Crippen LogP contribution in [0.5, 0.6) is 0 Å². The lowest BCUT2D eigenvalue weighted by Crippen LogP contribution is -2.58. The second-order valence-electron chi connectivity index (χ2n) is 6.46. The van der Waals surface area contributed by atoms with Crippen molar-refractivity contribution in [2.45, 2.75) is 44.8 Å². The number of rotatable bonds is 13. The van der Waals surface area contributed by atoms with Gasteiger partial charge in [0.1, 0.15) is 18.6 Å². The average Bonchev–Trinajstić information content (AvgIpc) is 2.59. The van der Waals surface area contributed by atoms with Crippen molar-refractivity contribution in [3.8, 4) is 0 Å². The fraction of sp³-hybridized carbons (Fsp3) is 0.688. The monoisotopic (exact) mass is 419 g/mol. The van der Waals surface area contributed by atoms with Crippen molar-refractivity contribution in [1.82, 2.24) is 16.0 Å². The number of hydrogen-bond acceptors (Lipinski definition) is 7. The van der Waals surface area contributed by atoms with Gasteiger partial charge < -0.3 is 32.5 Å². The minimum Gasteiger partial charge on any atom is -0.480 e. The molecule has 0 spiro atoms. The van der Waals surface area contributed by atoms with Crippen LogP contribution in [-0.4, -0.2) is 71.4 Å². The van der Waals surface area contributed by atoms with Crippen molar-refractivity contribution >= 4 is 41.4 Å². The van der Waals surface area contributed by atoms with Gasteiger partial charge >= 0.3 is 5.97 Å². The Kier molecular flexibility index (Phi) is 11.9. The second kappa shape index (κ2) is 12.9. The number of nitrogens with two attached hydrogens (primary N) is 2. The van der Waals surface area contributed by atoms with Crippen molar-refractivity contribution in [2.24, 2.45) is 17.4 Å². The molecule has 0 radical (unpaired) electrons. The quantitative estimate of drug-likeness (QED) is 0.193. The molecule has 0 saturated carbocycles. The molecule has 0 saturated heterocycles. The van der Waals surface area contributed by atoms with Gasteiger partial charge in [-0.15, -0.1) is 0 Å². The Bertz CT molecular complexity index is 586. The minimum atomic E-state index is -1.21. The predicted octanol–water partition coefficient (Wildman–Crippen LogP) is -2.23. The van der Waals surface area contributed by atoms with Gasteiger partial charge in [0.05, 0.1) is 12.5 Å². The highest BCUT2D eigenvalue weighted by atomic mass is 32.2. The Morgan fingerprint density at radius 2 is 1.64 bits per heavy atom. The summed E-state index contributed by atoms with van der Waals surface area (Å²) < 4.78 is 0. The highest BCUT2D eigenvalue weighted by Gasteiger charge is 2.30. The molecule has 160 valence electrons. The van der Waals surface area contributed by atoms with Gasteiger partial charge in [0, 0.05) is 0 Å². The Hall–Kier alpha value is -2.34. The van der Waals surface area contributed by atoms with E-state index in [4.69, 9.17) is 16.6 Å². The molecule has 8 N–H and O–H groups in total. The number of primary amides is 1. The van der Waals surface area contributed by atoms with Gasteiger partial charge in [0.25, 0.3) is 0 Å². The van der Waals surface area contributed by atoms with Crippen LogP contribution in [-0.2, 0) is 24.0 Å². The van der Waals surface area contributed by atoms with Crippen LogP contribution in [0.3, 0.4) is 0 Å².